The van der Waals surface area contributed by atoms with Crippen molar-refractivity contribution in [2.75, 3.05) is 13.1 Å². The lowest BCUT2D eigenvalue weighted by atomic mass is 10.0. The Hall–Kier alpha value is -1.84. The summed E-state index contributed by atoms with van der Waals surface area (Å²) in [6, 6.07) is 15.4. The zero-order chi connectivity index (χ0) is 15.4. The fraction of sp³-hybridized carbons (Fsp3) is 0.263. The summed E-state index contributed by atoms with van der Waals surface area (Å²) in [7, 11) is 0. The van der Waals surface area contributed by atoms with Gasteiger partial charge in [0.15, 0.2) is 5.78 Å². The average Bonchev–Trinajstić information content (AvgIpc) is 3.07. The van der Waals surface area contributed by atoms with E-state index < -0.39 is 0 Å². The van der Waals surface area contributed by atoms with Crippen LogP contribution in [0.1, 0.15) is 39.9 Å². The summed E-state index contributed by atoms with van der Waals surface area (Å²) < 4.78 is 0. The molecule has 0 amide bonds. The molecule has 2 aromatic carbocycles. The zero-order valence-electron chi connectivity index (χ0n) is 12.5. The van der Waals surface area contributed by atoms with Crippen molar-refractivity contribution in [3.63, 3.8) is 0 Å². The van der Waals surface area contributed by atoms with Gasteiger partial charge >= 0.3 is 0 Å². The van der Waals surface area contributed by atoms with Gasteiger partial charge in [-0.05, 0) is 43.1 Å². The summed E-state index contributed by atoms with van der Waals surface area (Å²) in [6.45, 7) is 3.26. The van der Waals surface area contributed by atoms with Crippen LogP contribution in [0.4, 0.5) is 0 Å². The van der Waals surface area contributed by atoms with E-state index in [-0.39, 0.29) is 5.78 Å². The lowest BCUT2D eigenvalue weighted by Crippen LogP contribution is -2.18. The van der Waals surface area contributed by atoms with Gasteiger partial charge in [-0.15, -0.1) is 0 Å². The van der Waals surface area contributed by atoms with E-state index in [0.29, 0.717) is 5.56 Å². The average molecular weight is 309 g/mol. The normalized spacial score (nSPS) is 14.9. The van der Waals surface area contributed by atoms with Crippen LogP contribution in [0, 0.1) is 0 Å². The molecule has 3 rings (SSSR count). The molecule has 0 atom stereocenters. The van der Waals surface area contributed by atoms with Crippen LogP contribution in [-0.4, -0.2) is 29.1 Å². The molecule has 1 aliphatic rings. The fourth-order valence-electron chi connectivity index (χ4n) is 2.89. The summed E-state index contributed by atoms with van der Waals surface area (Å²) in [4.78, 5) is 15.0. The number of rotatable bonds is 5. The van der Waals surface area contributed by atoms with E-state index in [0.717, 1.165) is 30.8 Å². The summed E-state index contributed by atoms with van der Waals surface area (Å²) in [5.74, 6) is 0.0687. The molecule has 3 heteroatoms. The molecule has 2 nitrogen and oxygen atoms in total. The van der Waals surface area contributed by atoms with Crippen LogP contribution in [0.5, 0.6) is 0 Å². The minimum Gasteiger partial charge on any atom is -0.299 e. The zero-order valence-corrected chi connectivity index (χ0v) is 13.3. The molecule has 1 heterocycles. The fourth-order valence-corrected chi connectivity index (χ4v) is 3.05. The molecule has 1 aliphatic heterocycles. The number of hydrogen-bond donors (Lipinski definition) is 0. The van der Waals surface area contributed by atoms with E-state index >= 15 is 0 Å². The maximum atomic E-state index is 12.6. The lowest BCUT2D eigenvalue weighted by Gasteiger charge is -2.15. The summed E-state index contributed by atoms with van der Waals surface area (Å²) in [6.07, 6.45) is 2.57. The SMILES string of the molecule is O=C(c1ccc(C=S)cc1)c1cccc(CN2CCCC2)c1. The number of nitrogens with zero attached hydrogens (tertiary/aromatic N) is 1. The first-order valence-corrected chi connectivity index (χ1v) is 8.14. The number of benzene rings is 2. The maximum Gasteiger partial charge on any atom is 0.193 e. The van der Waals surface area contributed by atoms with Crippen molar-refractivity contribution in [1.29, 1.82) is 0 Å². The molecule has 22 heavy (non-hydrogen) atoms. The van der Waals surface area contributed by atoms with Crippen LogP contribution >= 0.6 is 12.2 Å². The predicted octanol–water partition coefficient (Wildman–Crippen LogP) is 3.86. The molecule has 0 aliphatic carbocycles. The van der Waals surface area contributed by atoms with Crippen molar-refractivity contribution in [2.24, 2.45) is 0 Å². The van der Waals surface area contributed by atoms with E-state index in [4.69, 9.17) is 12.2 Å². The molecule has 0 bridgehead atoms. The van der Waals surface area contributed by atoms with Gasteiger partial charge in [0, 0.05) is 23.0 Å². The van der Waals surface area contributed by atoms with Gasteiger partial charge in [0.25, 0.3) is 0 Å². The van der Waals surface area contributed by atoms with Crippen molar-refractivity contribution in [1.82, 2.24) is 4.90 Å². The van der Waals surface area contributed by atoms with Crippen LogP contribution in [0.2, 0.25) is 0 Å². The van der Waals surface area contributed by atoms with Crippen molar-refractivity contribution >= 4 is 23.4 Å². The first kappa shape index (κ1) is 15.1. The van der Waals surface area contributed by atoms with Crippen LogP contribution in [0.15, 0.2) is 48.5 Å². The van der Waals surface area contributed by atoms with E-state index in [1.54, 1.807) is 5.37 Å². The smallest absolute Gasteiger partial charge is 0.193 e. The second-order valence-corrected chi connectivity index (χ2v) is 5.99. The van der Waals surface area contributed by atoms with Gasteiger partial charge < -0.3 is 0 Å². The van der Waals surface area contributed by atoms with E-state index in [1.165, 1.54) is 18.4 Å². The van der Waals surface area contributed by atoms with Gasteiger partial charge in [-0.1, -0.05) is 54.7 Å². The highest BCUT2D eigenvalue weighted by atomic mass is 32.1. The molecule has 0 spiro atoms. The Bertz CT molecular complexity index is 672. The highest BCUT2D eigenvalue weighted by molar-refractivity contribution is 7.79. The van der Waals surface area contributed by atoms with Crippen LogP contribution in [0.3, 0.4) is 0 Å². The number of hydrogen-bond acceptors (Lipinski definition) is 3. The molecular formula is C19H19NOS. The molecule has 112 valence electrons. The van der Waals surface area contributed by atoms with Gasteiger partial charge in [-0.3, -0.25) is 9.69 Å². The topological polar surface area (TPSA) is 20.3 Å². The monoisotopic (exact) mass is 309 g/mol. The Kier molecular flexibility index (Phi) is 4.76. The predicted molar refractivity (Wildman–Crippen MR) is 93.6 cm³/mol. The summed E-state index contributed by atoms with van der Waals surface area (Å²) in [5, 5.41) is 1.62. The van der Waals surface area contributed by atoms with Crippen LogP contribution in [-0.2, 0) is 6.54 Å². The second-order valence-electron chi connectivity index (χ2n) is 5.75. The third-order valence-corrected chi connectivity index (χ3v) is 4.38. The summed E-state index contributed by atoms with van der Waals surface area (Å²) >= 11 is 4.89. The number of carbonyl (C=O) groups excluding carboxylic acids is 1. The van der Waals surface area contributed by atoms with Gasteiger partial charge in [-0.25, -0.2) is 0 Å². The highest BCUT2D eigenvalue weighted by Crippen LogP contribution is 2.16. The molecular weight excluding hydrogens is 290 g/mol. The third kappa shape index (κ3) is 3.49. The minimum atomic E-state index is 0.0687. The standard InChI is InChI=1S/C19H19NOS/c21-19(17-8-6-15(14-22)7-9-17)18-5-3-4-16(12-18)13-20-10-1-2-11-20/h3-9,12,14H,1-2,10-11,13H2. The minimum absolute atomic E-state index is 0.0687. The van der Waals surface area contributed by atoms with Gasteiger partial charge in [0.1, 0.15) is 0 Å². The third-order valence-electron chi connectivity index (χ3n) is 4.10. The Morgan fingerprint density at radius 1 is 1.05 bits per heavy atom. The van der Waals surface area contributed by atoms with Gasteiger partial charge in [0.2, 0.25) is 0 Å². The van der Waals surface area contributed by atoms with E-state index in [2.05, 4.69) is 11.0 Å². The van der Waals surface area contributed by atoms with E-state index in [1.807, 2.05) is 42.5 Å². The Morgan fingerprint density at radius 2 is 1.77 bits per heavy atom. The van der Waals surface area contributed by atoms with Crippen molar-refractivity contribution in [2.45, 2.75) is 19.4 Å². The first-order valence-electron chi connectivity index (χ1n) is 7.67. The molecule has 0 radical (unpaired) electrons. The Balaban J connectivity index is 1.77. The Labute approximate surface area is 136 Å². The number of ketones is 1. The largest absolute Gasteiger partial charge is 0.299 e. The highest BCUT2D eigenvalue weighted by Gasteiger charge is 2.13. The summed E-state index contributed by atoms with van der Waals surface area (Å²) in [5.41, 5.74) is 3.63. The molecule has 1 saturated heterocycles. The quantitative estimate of drug-likeness (QED) is 0.618. The second kappa shape index (κ2) is 6.95. The van der Waals surface area contributed by atoms with Gasteiger partial charge in [0.05, 0.1) is 0 Å². The number of likely N-dealkylation sites (tertiary alicyclic amines) is 1. The molecule has 0 N–H and O–H groups in total. The number of carbonyl (C=O) groups is 1. The first-order chi connectivity index (χ1) is 10.8. The molecule has 0 unspecified atom stereocenters. The maximum absolute atomic E-state index is 12.6. The molecule has 0 saturated carbocycles. The van der Waals surface area contributed by atoms with Crippen LogP contribution in [0.25, 0.3) is 0 Å². The van der Waals surface area contributed by atoms with Crippen molar-refractivity contribution in [3.8, 4) is 0 Å². The molecule has 2 aromatic rings. The van der Waals surface area contributed by atoms with E-state index in [9.17, 15) is 4.79 Å². The molecule has 1 fully saturated rings. The van der Waals surface area contributed by atoms with Crippen LogP contribution < -0.4 is 0 Å². The molecule has 0 aromatic heterocycles. The van der Waals surface area contributed by atoms with Crippen molar-refractivity contribution in [3.05, 3.63) is 70.8 Å². The van der Waals surface area contributed by atoms with Gasteiger partial charge in [-0.2, -0.15) is 0 Å². The lowest BCUT2D eigenvalue weighted by molar-refractivity contribution is 0.103. The Morgan fingerprint density at radius 3 is 2.45 bits per heavy atom. The number of thiocarbonyl (C=S) groups is 1. The van der Waals surface area contributed by atoms with Crippen molar-refractivity contribution < 1.29 is 4.79 Å².